The van der Waals surface area contributed by atoms with Crippen LogP contribution in [0.1, 0.15) is 37.4 Å². The zero-order chi connectivity index (χ0) is 18.9. The van der Waals surface area contributed by atoms with Gasteiger partial charge in [0, 0.05) is 24.2 Å². The third kappa shape index (κ3) is 3.52. The van der Waals surface area contributed by atoms with Crippen molar-refractivity contribution in [2.24, 2.45) is 0 Å². The number of anilines is 1. The number of ether oxygens (including phenoxy) is 2. The molecule has 7 nitrogen and oxygen atoms in total. The standard InChI is InChI=1S/C20H22ClN5O2/c21-16-10-22-18(9-17(16)28-15-11-27-12-15)23-14-5-3-4-13(8-14)20-25-24-19-6-1-2-7-26(19)20/h1-2,6-7,9-10,13-15H,3-5,8,11-12H2,(H,22,23)/t13-,14+/m0/s1. The Hall–Kier alpha value is -2.38. The zero-order valence-corrected chi connectivity index (χ0v) is 16.2. The highest BCUT2D eigenvalue weighted by Crippen LogP contribution is 2.34. The Bertz CT molecular complexity index is 974. The van der Waals surface area contributed by atoms with Crippen LogP contribution >= 0.6 is 11.6 Å². The van der Waals surface area contributed by atoms with Crippen molar-refractivity contribution < 1.29 is 9.47 Å². The van der Waals surface area contributed by atoms with Gasteiger partial charge in [-0.3, -0.25) is 4.40 Å². The van der Waals surface area contributed by atoms with E-state index in [9.17, 15) is 0 Å². The molecule has 0 bridgehead atoms. The Labute approximate surface area is 168 Å². The first-order chi connectivity index (χ1) is 13.8. The highest BCUT2D eigenvalue weighted by molar-refractivity contribution is 6.32. The monoisotopic (exact) mass is 399 g/mol. The zero-order valence-electron chi connectivity index (χ0n) is 15.4. The minimum atomic E-state index is 0.0769. The molecule has 4 heterocycles. The minimum Gasteiger partial charge on any atom is -0.484 e. The number of nitrogens with zero attached hydrogens (tertiary/aromatic N) is 4. The summed E-state index contributed by atoms with van der Waals surface area (Å²) >= 11 is 6.24. The Morgan fingerprint density at radius 2 is 2.14 bits per heavy atom. The lowest BCUT2D eigenvalue weighted by Crippen LogP contribution is -2.38. The van der Waals surface area contributed by atoms with Crippen molar-refractivity contribution >= 4 is 23.1 Å². The van der Waals surface area contributed by atoms with E-state index in [0.29, 0.717) is 35.9 Å². The summed E-state index contributed by atoms with van der Waals surface area (Å²) < 4.78 is 13.1. The van der Waals surface area contributed by atoms with Crippen LogP contribution in [0.3, 0.4) is 0 Å². The van der Waals surface area contributed by atoms with E-state index in [4.69, 9.17) is 21.1 Å². The number of hydrogen-bond donors (Lipinski definition) is 1. The van der Waals surface area contributed by atoms with E-state index in [1.54, 1.807) is 6.20 Å². The molecule has 28 heavy (non-hydrogen) atoms. The molecule has 8 heteroatoms. The van der Waals surface area contributed by atoms with Crippen LogP contribution in [0.2, 0.25) is 5.02 Å². The molecule has 1 N–H and O–H groups in total. The minimum absolute atomic E-state index is 0.0769. The number of halogens is 1. The SMILES string of the molecule is Clc1cnc(N[C@@H]2CCC[C@H](c3nnc4ccccn34)C2)cc1OC1COC1. The third-order valence-electron chi connectivity index (χ3n) is 5.45. The molecule has 3 aromatic heterocycles. The van der Waals surface area contributed by atoms with Crippen LogP contribution in [0, 0.1) is 0 Å². The predicted molar refractivity (Wildman–Crippen MR) is 106 cm³/mol. The molecule has 3 aromatic rings. The first kappa shape index (κ1) is 17.7. The van der Waals surface area contributed by atoms with E-state index in [-0.39, 0.29) is 6.10 Å². The lowest BCUT2D eigenvalue weighted by molar-refractivity contribution is -0.0796. The number of aromatic nitrogens is 4. The summed E-state index contributed by atoms with van der Waals surface area (Å²) in [7, 11) is 0. The summed E-state index contributed by atoms with van der Waals surface area (Å²) in [5.74, 6) is 2.86. The van der Waals surface area contributed by atoms with Gasteiger partial charge in [-0.1, -0.05) is 24.1 Å². The van der Waals surface area contributed by atoms with Gasteiger partial charge in [0.15, 0.2) is 5.65 Å². The van der Waals surface area contributed by atoms with Crippen molar-refractivity contribution in [3.63, 3.8) is 0 Å². The van der Waals surface area contributed by atoms with Crippen LogP contribution in [-0.4, -0.2) is 44.9 Å². The molecule has 1 aliphatic heterocycles. The van der Waals surface area contributed by atoms with Crippen LogP contribution in [-0.2, 0) is 4.74 Å². The predicted octanol–water partition coefficient (Wildman–Crippen LogP) is 3.69. The van der Waals surface area contributed by atoms with Gasteiger partial charge in [-0.25, -0.2) is 4.98 Å². The number of nitrogens with one attached hydrogen (secondary N) is 1. The molecular weight excluding hydrogens is 378 g/mol. The molecule has 1 aliphatic carbocycles. The maximum Gasteiger partial charge on any atom is 0.160 e. The van der Waals surface area contributed by atoms with Gasteiger partial charge in [-0.05, 0) is 31.4 Å². The van der Waals surface area contributed by atoms with Crippen LogP contribution in [0.15, 0.2) is 36.7 Å². The van der Waals surface area contributed by atoms with Crippen molar-refractivity contribution in [2.75, 3.05) is 18.5 Å². The first-order valence-corrected chi connectivity index (χ1v) is 10.1. The van der Waals surface area contributed by atoms with E-state index in [1.807, 2.05) is 30.5 Å². The Morgan fingerprint density at radius 1 is 1.21 bits per heavy atom. The molecule has 0 aromatic carbocycles. The normalized spacial score (nSPS) is 22.8. The second-order valence-electron chi connectivity index (χ2n) is 7.47. The smallest absolute Gasteiger partial charge is 0.160 e. The Kier molecular flexibility index (Phi) is 4.78. The van der Waals surface area contributed by atoms with Crippen molar-refractivity contribution in [3.8, 4) is 5.75 Å². The second-order valence-corrected chi connectivity index (χ2v) is 7.88. The van der Waals surface area contributed by atoms with Crippen molar-refractivity contribution in [2.45, 2.75) is 43.7 Å². The van der Waals surface area contributed by atoms with Crippen molar-refractivity contribution in [1.29, 1.82) is 0 Å². The largest absolute Gasteiger partial charge is 0.484 e. The van der Waals surface area contributed by atoms with Crippen molar-refractivity contribution in [3.05, 3.63) is 47.5 Å². The fourth-order valence-electron chi connectivity index (χ4n) is 3.95. The van der Waals surface area contributed by atoms with Crippen LogP contribution in [0.5, 0.6) is 5.75 Å². The maximum atomic E-state index is 6.24. The molecule has 5 rings (SSSR count). The summed E-state index contributed by atoms with van der Waals surface area (Å²) in [6, 6.07) is 8.20. The van der Waals surface area contributed by atoms with Crippen LogP contribution in [0.25, 0.3) is 5.65 Å². The molecule has 0 unspecified atom stereocenters. The average molecular weight is 400 g/mol. The third-order valence-corrected chi connectivity index (χ3v) is 5.74. The van der Waals surface area contributed by atoms with Crippen molar-refractivity contribution in [1.82, 2.24) is 19.6 Å². The summed E-state index contributed by atoms with van der Waals surface area (Å²) in [6.45, 7) is 1.22. The van der Waals surface area contributed by atoms with Gasteiger partial charge in [-0.2, -0.15) is 0 Å². The van der Waals surface area contributed by atoms with Gasteiger partial charge in [0.25, 0.3) is 0 Å². The molecule has 1 saturated carbocycles. The van der Waals surface area contributed by atoms with E-state index >= 15 is 0 Å². The second kappa shape index (κ2) is 7.56. The van der Waals surface area contributed by atoms with Crippen LogP contribution in [0.4, 0.5) is 5.82 Å². The Balaban J connectivity index is 1.30. The maximum absolute atomic E-state index is 6.24. The topological polar surface area (TPSA) is 73.6 Å². The molecule has 2 aliphatic rings. The molecule has 1 saturated heterocycles. The average Bonchev–Trinajstić information content (AvgIpc) is 3.11. The van der Waals surface area contributed by atoms with E-state index in [1.165, 1.54) is 0 Å². The lowest BCUT2D eigenvalue weighted by atomic mass is 9.85. The highest BCUT2D eigenvalue weighted by atomic mass is 35.5. The Morgan fingerprint density at radius 3 is 3.00 bits per heavy atom. The molecule has 0 radical (unpaired) electrons. The molecule has 2 fully saturated rings. The summed E-state index contributed by atoms with van der Waals surface area (Å²) in [5.41, 5.74) is 0.897. The van der Waals surface area contributed by atoms with Gasteiger partial charge in [-0.15, -0.1) is 10.2 Å². The summed E-state index contributed by atoms with van der Waals surface area (Å²) in [5, 5.41) is 12.8. The summed E-state index contributed by atoms with van der Waals surface area (Å²) in [6.07, 6.45) is 8.12. The number of rotatable bonds is 5. The first-order valence-electron chi connectivity index (χ1n) is 9.72. The molecular formula is C20H22ClN5O2. The number of pyridine rings is 2. The fourth-order valence-corrected chi connectivity index (χ4v) is 4.10. The molecule has 0 amide bonds. The molecule has 2 atom stereocenters. The van der Waals surface area contributed by atoms with Gasteiger partial charge < -0.3 is 14.8 Å². The van der Waals surface area contributed by atoms with Gasteiger partial charge in [0.2, 0.25) is 0 Å². The quantitative estimate of drug-likeness (QED) is 0.705. The fraction of sp³-hybridized carbons (Fsp3) is 0.450. The van der Waals surface area contributed by atoms with E-state index in [2.05, 4.69) is 24.9 Å². The number of fused-ring (bicyclic) bond motifs is 1. The number of hydrogen-bond acceptors (Lipinski definition) is 6. The van der Waals surface area contributed by atoms with Gasteiger partial charge >= 0.3 is 0 Å². The molecule has 146 valence electrons. The molecule has 0 spiro atoms. The summed E-state index contributed by atoms with van der Waals surface area (Å²) in [4.78, 5) is 4.43. The van der Waals surface area contributed by atoms with Crippen LogP contribution < -0.4 is 10.1 Å². The van der Waals surface area contributed by atoms with Gasteiger partial charge in [0.05, 0.1) is 19.4 Å². The van der Waals surface area contributed by atoms with E-state index < -0.39 is 0 Å². The van der Waals surface area contributed by atoms with E-state index in [0.717, 1.165) is 43.0 Å². The highest BCUT2D eigenvalue weighted by Gasteiger charge is 2.27. The van der Waals surface area contributed by atoms with Gasteiger partial charge in [0.1, 0.15) is 28.5 Å². The lowest BCUT2D eigenvalue weighted by Gasteiger charge is -2.30.